The van der Waals surface area contributed by atoms with Crippen LogP contribution >= 0.6 is 0 Å². The molecule has 0 bridgehead atoms. The van der Waals surface area contributed by atoms with Crippen LogP contribution in [0.25, 0.3) is 5.69 Å². The number of nitrogens with zero attached hydrogens (tertiary/aromatic N) is 4. The Kier molecular flexibility index (Phi) is 4.97. The van der Waals surface area contributed by atoms with Crippen LogP contribution in [0.5, 0.6) is 11.5 Å². The average molecular weight is 378 g/mol. The van der Waals surface area contributed by atoms with Crippen LogP contribution in [0.15, 0.2) is 55.1 Å². The molecule has 1 fully saturated rings. The summed E-state index contributed by atoms with van der Waals surface area (Å²) in [7, 11) is 3.27. The van der Waals surface area contributed by atoms with Crippen LogP contribution < -0.4 is 9.47 Å². The van der Waals surface area contributed by atoms with Gasteiger partial charge in [0.15, 0.2) is 0 Å². The molecule has 4 rings (SSSR count). The number of carbonyl (C=O) groups excluding carboxylic acids is 1. The number of methoxy groups -OCH3 is 2. The Balaban J connectivity index is 1.57. The van der Waals surface area contributed by atoms with Crippen LogP contribution in [-0.2, 0) is 6.54 Å². The summed E-state index contributed by atoms with van der Waals surface area (Å²) in [6.45, 7) is 0.481. The summed E-state index contributed by atoms with van der Waals surface area (Å²) < 4.78 is 12.5. The third kappa shape index (κ3) is 3.69. The fraction of sp³-hybridized carbons (Fsp3) is 0.286. The van der Waals surface area contributed by atoms with Gasteiger partial charge in [0, 0.05) is 17.2 Å². The predicted octanol–water partition coefficient (Wildman–Crippen LogP) is 3.09. The largest absolute Gasteiger partial charge is 0.497 e. The molecule has 0 saturated heterocycles. The topological polar surface area (TPSA) is 69.5 Å². The van der Waals surface area contributed by atoms with E-state index in [1.807, 2.05) is 47.4 Å². The molecule has 0 aliphatic heterocycles. The SMILES string of the molecule is COc1ccc(OC)c(CN(C(=O)c2ccc(-n3cncn3)cc2)C2CC2)c1. The number of benzene rings is 2. The maximum absolute atomic E-state index is 13.2. The first-order chi connectivity index (χ1) is 13.7. The highest BCUT2D eigenvalue weighted by atomic mass is 16.5. The summed E-state index contributed by atoms with van der Waals surface area (Å²) in [4.78, 5) is 19.1. The minimum atomic E-state index is 0.0116. The van der Waals surface area contributed by atoms with Crippen molar-refractivity contribution in [3.05, 3.63) is 66.2 Å². The van der Waals surface area contributed by atoms with E-state index in [9.17, 15) is 4.79 Å². The van der Waals surface area contributed by atoms with Gasteiger partial charge in [-0.25, -0.2) is 9.67 Å². The molecule has 1 heterocycles. The van der Waals surface area contributed by atoms with Gasteiger partial charge >= 0.3 is 0 Å². The number of amides is 1. The molecule has 7 heteroatoms. The molecular formula is C21H22N4O3. The van der Waals surface area contributed by atoms with Crippen LogP contribution in [0.2, 0.25) is 0 Å². The van der Waals surface area contributed by atoms with Crippen molar-refractivity contribution in [2.24, 2.45) is 0 Å². The van der Waals surface area contributed by atoms with Crippen molar-refractivity contribution in [1.29, 1.82) is 0 Å². The van der Waals surface area contributed by atoms with Gasteiger partial charge in [-0.05, 0) is 55.3 Å². The van der Waals surface area contributed by atoms with Gasteiger partial charge in [0.25, 0.3) is 5.91 Å². The molecule has 2 aromatic carbocycles. The van der Waals surface area contributed by atoms with E-state index in [0.717, 1.165) is 35.6 Å². The summed E-state index contributed by atoms with van der Waals surface area (Å²) in [5, 5.41) is 4.11. The first-order valence-corrected chi connectivity index (χ1v) is 9.16. The van der Waals surface area contributed by atoms with E-state index in [1.54, 1.807) is 25.2 Å². The van der Waals surface area contributed by atoms with Crippen molar-refractivity contribution in [1.82, 2.24) is 19.7 Å². The molecule has 1 aliphatic rings. The predicted molar refractivity (Wildman–Crippen MR) is 104 cm³/mol. The standard InChI is InChI=1S/C21H22N4O3/c1-27-19-9-10-20(28-2)16(11-19)12-24(17-7-8-17)21(26)15-3-5-18(6-4-15)25-14-22-13-23-25/h3-6,9-11,13-14,17H,7-8,12H2,1-2H3. The van der Waals surface area contributed by atoms with Crippen molar-refractivity contribution < 1.29 is 14.3 Å². The zero-order valence-corrected chi connectivity index (χ0v) is 15.9. The smallest absolute Gasteiger partial charge is 0.254 e. The number of hydrogen-bond acceptors (Lipinski definition) is 5. The summed E-state index contributed by atoms with van der Waals surface area (Å²) in [6, 6.07) is 13.3. The lowest BCUT2D eigenvalue weighted by Gasteiger charge is -2.24. The first kappa shape index (κ1) is 18.0. The van der Waals surface area contributed by atoms with Gasteiger partial charge in [-0.1, -0.05) is 0 Å². The fourth-order valence-electron chi connectivity index (χ4n) is 3.21. The zero-order chi connectivity index (χ0) is 19.5. The lowest BCUT2D eigenvalue weighted by molar-refractivity contribution is 0.0728. The van der Waals surface area contributed by atoms with Crippen LogP contribution in [0, 0.1) is 0 Å². The highest BCUT2D eigenvalue weighted by Gasteiger charge is 2.33. The normalized spacial score (nSPS) is 13.2. The number of rotatable bonds is 7. The highest BCUT2D eigenvalue weighted by molar-refractivity contribution is 5.94. The highest BCUT2D eigenvalue weighted by Crippen LogP contribution is 2.33. The molecular weight excluding hydrogens is 356 g/mol. The average Bonchev–Trinajstić information content (AvgIpc) is 3.44. The lowest BCUT2D eigenvalue weighted by Crippen LogP contribution is -2.32. The molecule has 28 heavy (non-hydrogen) atoms. The minimum absolute atomic E-state index is 0.0116. The second-order valence-corrected chi connectivity index (χ2v) is 6.73. The second-order valence-electron chi connectivity index (χ2n) is 6.73. The van der Waals surface area contributed by atoms with E-state index in [4.69, 9.17) is 9.47 Å². The quantitative estimate of drug-likeness (QED) is 0.632. The number of ether oxygens (including phenoxy) is 2. The molecule has 144 valence electrons. The van der Waals surface area contributed by atoms with Crippen LogP contribution in [0.3, 0.4) is 0 Å². The number of carbonyl (C=O) groups is 1. The molecule has 0 radical (unpaired) electrons. The van der Waals surface area contributed by atoms with Gasteiger partial charge in [0.2, 0.25) is 0 Å². The Morgan fingerprint density at radius 1 is 1.14 bits per heavy atom. The fourth-order valence-corrected chi connectivity index (χ4v) is 3.21. The number of aromatic nitrogens is 3. The monoisotopic (exact) mass is 378 g/mol. The van der Waals surface area contributed by atoms with Crippen LogP contribution in [-0.4, -0.2) is 45.8 Å². The molecule has 1 aliphatic carbocycles. The zero-order valence-electron chi connectivity index (χ0n) is 15.9. The maximum atomic E-state index is 13.2. The molecule has 1 aromatic heterocycles. The third-order valence-electron chi connectivity index (χ3n) is 4.87. The van der Waals surface area contributed by atoms with E-state index in [2.05, 4.69) is 10.1 Å². The maximum Gasteiger partial charge on any atom is 0.254 e. The van der Waals surface area contributed by atoms with E-state index < -0.39 is 0 Å². The summed E-state index contributed by atoms with van der Waals surface area (Å²) >= 11 is 0. The second kappa shape index (κ2) is 7.72. The van der Waals surface area contributed by atoms with E-state index >= 15 is 0 Å². The summed E-state index contributed by atoms with van der Waals surface area (Å²) in [5.74, 6) is 1.51. The van der Waals surface area contributed by atoms with E-state index in [0.29, 0.717) is 12.1 Å². The van der Waals surface area contributed by atoms with E-state index in [-0.39, 0.29) is 11.9 Å². The molecule has 0 unspecified atom stereocenters. The van der Waals surface area contributed by atoms with Crippen LogP contribution in [0.1, 0.15) is 28.8 Å². The van der Waals surface area contributed by atoms with Gasteiger partial charge in [-0.3, -0.25) is 4.79 Å². The van der Waals surface area contributed by atoms with Crippen molar-refractivity contribution in [3.8, 4) is 17.2 Å². The number of hydrogen-bond donors (Lipinski definition) is 0. The van der Waals surface area contributed by atoms with Gasteiger partial charge in [0.1, 0.15) is 24.2 Å². The van der Waals surface area contributed by atoms with Gasteiger partial charge in [-0.2, -0.15) is 5.10 Å². The molecule has 0 atom stereocenters. The molecule has 0 N–H and O–H groups in total. The molecule has 1 saturated carbocycles. The van der Waals surface area contributed by atoms with Gasteiger partial charge < -0.3 is 14.4 Å². The Bertz CT molecular complexity index is 950. The van der Waals surface area contributed by atoms with Crippen LogP contribution in [0.4, 0.5) is 0 Å². The van der Waals surface area contributed by atoms with Gasteiger partial charge in [0.05, 0.1) is 26.5 Å². The Labute approximate surface area is 163 Å². The van der Waals surface area contributed by atoms with Crippen molar-refractivity contribution in [2.75, 3.05) is 14.2 Å². The Morgan fingerprint density at radius 3 is 2.54 bits per heavy atom. The summed E-state index contributed by atoms with van der Waals surface area (Å²) in [6.07, 6.45) is 5.15. The van der Waals surface area contributed by atoms with Crippen molar-refractivity contribution >= 4 is 5.91 Å². The van der Waals surface area contributed by atoms with Crippen molar-refractivity contribution in [3.63, 3.8) is 0 Å². The van der Waals surface area contributed by atoms with E-state index in [1.165, 1.54) is 6.33 Å². The molecule has 1 amide bonds. The Morgan fingerprint density at radius 2 is 1.93 bits per heavy atom. The van der Waals surface area contributed by atoms with Gasteiger partial charge in [-0.15, -0.1) is 0 Å². The Hall–Kier alpha value is -3.35. The van der Waals surface area contributed by atoms with Crippen molar-refractivity contribution in [2.45, 2.75) is 25.4 Å². The summed E-state index contributed by atoms with van der Waals surface area (Å²) in [5.41, 5.74) is 2.44. The minimum Gasteiger partial charge on any atom is -0.497 e. The molecule has 3 aromatic rings. The lowest BCUT2D eigenvalue weighted by atomic mass is 10.1. The third-order valence-corrected chi connectivity index (χ3v) is 4.87. The molecule has 0 spiro atoms. The molecule has 7 nitrogen and oxygen atoms in total. The first-order valence-electron chi connectivity index (χ1n) is 9.16.